The highest BCUT2D eigenvalue weighted by molar-refractivity contribution is 6.03. The quantitative estimate of drug-likeness (QED) is 0.864. The number of aromatic nitrogens is 2. The number of hydrogen-bond acceptors (Lipinski definition) is 4. The second kappa shape index (κ2) is 7.67. The molecule has 1 aromatic carbocycles. The molecule has 0 bridgehead atoms. The van der Waals surface area contributed by atoms with E-state index < -0.39 is 0 Å². The third-order valence-electron chi connectivity index (χ3n) is 5.05. The predicted molar refractivity (Wildman–Crippen MR) is 110 cm³/mol. The summed E-state index contributed by atoms with van der Waals surface area (Å²) in [6.07, 6.45) is 2.41. The van der Waals surface area contributed by atoms with E-state index in [-0.39, 0.29) is 11.3 Å². The van der Waals surface area contributed by atoms with Crippen LogP contribution in [0.5, 0.6) is 0 Å². The first-order valence-corrected chi connectivity index (χ1v) is 9.75. The molecule has 0 spiro atoms. The van der Waals surface area contributed by atoms with Crippen LogP contribution in [0.15, 0.2) is 30.3 Å². The molecule has 2 aromatic rings. The Balaban J connectivity index is 1.76. The van der Waals surface area contributed by atoms with E-state index in [4.69, 9.17) is 0 Å². The molecule has 1 N–H and O–H groups in total. The van der Waals surface area contributed by atoms with Crippen LogP contribution in [0.1, 0.15) is 62.4 Å². The van der Waals surface area contributed by atoms with E-state index in [2.05, 4.69) is 60.0 Å². The van der Waals surface area contributed by atoms with E-state index in [0.717, 1.165) is 31.0 Å². The van der Waals surface area contributed by atoms with Gasteiger partial charge in [0.1, 0.15) is 17.3 Å². The maximum absolute atomic E-state index is 12.7. The predicted octanol–water partition coefficient (Wildman–Crippen LogP) is 4.57. The summed E-state index contributed by atoms with van der Waals surface area (Å²) >= 11 is 0. The van der Waals surface area contributed by atoms with Gasteiger partial charge in [0.2, 0.25) is 0 Å². The Hall–Kier alpha value is -2.43. The molecule has 1 aliphatic rings. The largest absolute Gasteiger partial charge is 0.356 e. The number of rotatable bonds is 3. The van der Waals surface area contributed by atoms with Crippen molar-refractivity contribution in [3.8, 4) is 0 Å². The molecule has 1 aromatic heterocycles. The standard InChI is InChI=1S/C22H30N4O/c1-15-7-6-12-26(14-15)20-13-19(23-16(2)24-20)21(27)25-18-10-8-17(9-11-18)22(3,4)5/h8-11,13,15H,6-7,12,14H2,1-5H3,(H,25,27). The molecule has 0 radical (unpaired) electrons. The van der Waals surface area contributed by atoms with Crippen LogP contribution in [0.4, 0.5) is 11.5 Å². The first-order valence-electron chi connectivity index (χ1n) is 9.75. The van der Waals surface area contributed by atoms with Gasteiger partial charge in [0.15, 0.2) is 0 Å². The Morgan fingerprint density at radius 1 is 1.19 bits per heavy atom. The maximum Gasteiger partial charge on any atom is 0.274 e. The van der Waals surface area contributed by atoms with Crippen molar-refractivity contribution in [2.45, 2.75) is 52.9 Å². The highest BCUT2D eigenvalue weighted by Gasteiger charge is 2.20. The summed E-state index contributed by atoms with van der Waals surface area (Å²) in [5, 5.41) is 2.96. The monoisotopic (exact) mass is 366 g/mol. The number of carbonyl (C=O) groups is 1. The van der Waals surface area contributed by atoms with Gasteiger partial charge in [-0.25, -0.2) is 9.97 Å². The first-order chi connectivity index (χ1) is 12.7. The Kier molecular flexibility index (Phi) is 5.49. The number of piperidine rings is 1. The molecular weight excluding hydrogens is 336 g/mol. The van der Waals surface area contributed by atoms with Gasteiger partial charge in [0.05, 0.1) is 0 Å². The number of aryl methyl sites for hydroxylation is 1. The van der Waals surface area contributed by atoms with E-state index in [1.165, 1.54) is 12.0 Å². The van der Waals surface area contributed by atoms with Crippen molar-refractivity contribution in [3.63, 3.8) is 0 Å². The fourth-order valence-electron chi connectivity index (χ4n) is 3.48. The highest BCUT2D eigenvalue weighted by Crippen LogP contribution is 2.24. The van der Waals surface area contributed by atoms with Gasteiger partial charge in [-0.05, 0) is 48.8 Å². The molecule has 1 amide bonds. The van der Waals surface area contributed by atoms with E-state index in [0.29, 0.717) is 17.4 Å². The van der Waals surface area contributed by atoms with E-state index in [9.17, 15) is 4.79 Å². The van der Waals surface area contributed by atoms with Crippen LogP contribution < -0.4 is 10.2 Å². The molecule has 1 saturated heterocycles. The SMILES string of the molecule is Cc1nc(C(=O)Nc2ccc(C(C)(C)C)cc2)cc(N2CCCC(C)C2)n1. The molecule has 0 saturated carbocycles. The molecule has 5 heteroatoms. The van der Waals surface area contributed by atoms with Crippen molar-refractivity contribution in [1.29, 1.82) is 0 Å². The minimum atomic E-state index is -0.199. The normalized spacial score (nSPS) is 17.7. The number of carbonyl (C=O) groups excluding carboxylic acids is 1. The molecule has 0 aliphatic carbocycles. The lowest BCUT2D eigenvalue weighted by atomic mass is 9.87. The second-order valence-corrected chi connectivity index (χ2v) is 8.63. The number of benzene rings is 1. The molecule has 1 unspecified atom stereocenters. The third-order valence-corrected chi connectivity index (χ3v) is 5.05. The minimum Gasteiger partial charge on any atom is -0.356 e. The lowest BCUT2D eigenvalue weighted by Gasteiger charge is -2.32. The smallest absolute Gasteiger partial charge is 0.274 e. The number of hydrogen-bond donors (Lipinski definition) is 1. The lowest BCUT2D eigenvalue weighted by Crippen LogP contribution is -2.35. The van der Waals surface area contributed by atoms with Gasteiger partial charge in [0.25, 0.3) is 5.91 Å². The summed E-state index contributed by atoms with van der Waals surface area (Å²) in [4.78, 5) is 23.9. The topological polar surface area (TPSA) is 58.1 Å². The molecule has 3 rings (SSSR count). The van der Waals surface area contributed by atoms with Crippen molar-refractivity contribution >= 4 is 17.4 Å². The fourth-order valence-corrected chi connectivity index (χ4v) is 3.48. The molecule has 1 fully saturated rings. The highest BCUT2D eigenvalue weighted by atomic mass is 16.1. The minimum absolute atomic E-state index is 0.0901. The summed E-state index contributed by atoms with van der Waals surface area (Å²) in [5.41, 5.74) is 2.51. The maximum atomic E-state index is 12.7. The average Bonchev–Trinajstić information content (AvgIpc) is 2.61. The van der Waals surface area contributed by atoms with Crippen LogP contribution >= 0.6 is 0 Å². The van der Waals surface area contributed by atoms with E-state index >= 15 is 0 Å². The van der Waals surface area contributed by atoms with Crippen molar-refractivity contribution in [1.82, 2.24) is 9.97 Å². The molecule has 5 nitrogen and oxygen atoms in total. The van der Waals surface area contributed by atoms with Gasteiger partial charge < -0.3 is 10.2 Å². The summed E-state index contributed by atoms with van der Waals surface area (Å²) in [6.45, 7) is 12.6. The zero-order chi connectivity index (χ0) is 19.6. The average molecular weight is 367 g/mol. The van der Waals surface area contributed by atoms with Gasteiger partial charge in [-0.3, -0.25) is 4.79 Å². The zero-order valence-corrected chi connectivity index (χ0v) is 17.0. The molecule has 144 valence electrons. The van der Waals surface area contributed by atoms with Crippen LogP contribution in [0.2, 0.25) is 0 Å². The third kappa shape index (κ3) is 4.85. The molecule has 2 heterocycles. The van der Waals surface area contributed by atoms with Gasteiger partial charge in [-0.15, -0.1) is 0 Å². The fraction of sp³-hybridized carbons (Fsp3) is 0.500. The number of anilines is 2. The van der Waals surface area contributed by atoms with E-state index in [1.807, 2.05) is 25.1 Å². The Bertz CT molecular complexity index is 808. The van der Waals surface area contributed by atoms with Crippen LogP contribution in [0.3, 0.4) is 0 Å². The van der Waals surface area contributed by atoms with Gasteiger partial charge >= 0.3 is 0 Å². The van der Waals surface area contributed by atoms with Gasteiger partial charge in [-0.2, -0.15) is 0 Å². The van der Waals surface area contributed by atoms with E-state index in [1.54, 1.807) is 0 Å². The molecule has 1 aliphatic heterocycles. The molecule has 1 atom stereocenters. The number of nitrogens with zero attached hydrogens (tertiary/aromatic N) is 3. The van der Waals surface area contributed by atoms with Gasteiger partial charge in [-0.1, -0.05) is 39.8 Å². The van der Waals surface area contributed by atoms with Gasteiger partial charge in [0, 0.05) is 24.8 Å². The van der Waals surface area contributed by atoms with Crippen LogP contribution in [-0.2, 0) is 5.41 Å². The number of amides is 1. The lowest BCUT2D eigenvalue weighted by molar-refractivity contribution is 0.102. The van der Waals surface area contributed by atoms with Crippen molar-refractivity contribution < 1.29 is 4.79 Å². The van der Waals surface area contributed by atoms with Crippen molar-refractivity contribution in [2.75, 3.05) is 23.3 Å². The first kappa shape index (κ1) is 19.3. The Morgan fingerprint density at radius 2 is 1.89 bits per heavy atom. The van der Waals surface area contributed by atoms with Crippen LogP contribution in [-0.4, -0.2) is 29.0 Å². The Labute approximate surface area is 162 Å². The van der Waals surface area contributed by atoms with Crippen LogP contribution in [0, 0.1) is 12.8 Å². The second-order valence-electron chi connectivity index (χ2n) is 8.63. The van der Waals surface area contributed by atoms with Crippen molar-refractivity contribution in [3.05, 3.63) is 47.4 Å². The molecular formula is C22H30N4O. The summed E-state index contributed by atoms with van der Waals surface area (Å²) in [6, 6.07) is 9.81. The zero-order valence-electron chi connectivity index (χ0n) is 17.0. The molecule has 27 heavy (non-hydrogen) atoms. The summed E-state index contributed by atoms with van der Waals surface area (Å²) in [7, 11) is 0. The Morgan fingerprint density at radius 3 is 2.52 bits per heavy atom. The summed E-state index contributed by atoms with van der Waals surface area (Å²) < 4.78 is 0. The van der Waals surface area contributed by atoms with Crippen molar-refractivity contribution in [2.24, 2.45) is 5.92 Å². The van der Waals surface area contributed by atoms with Crippen LogP contribution in [0.25, 0.3) is 0 Å². The number of nitrogens with one attached hydrogen (secondary N) is 1. The summed E-state index contributed by atoms with van der Waals surface area (Å²) in [5.74, 6) is 1.92.